The Morgan fingerprint density at radius 3 is 2.59 bits per heavy atom. The molecule has 1 aromatic carbocycles. The van der Waals surface area contributed by atoms with Crippen molar-refractivity contribution < 1.29 is 14.7 Å². The number of rotatable bonds is 4. The van der Waals surface area contributed by atoms with Gasteiger partial charge in [0.2, 0.25) is 5.91 Å². The van der Waals surface area contributed by atoms with Gasteiger partial charge in [-0.1, -0.05) is 6.08 Å². The maximum Gasteiger partial charge on any atom is 0.231 e. The molecule has 0 fully saturated rings. The lowest BCUT2D eigenvalue weighted by molar-refractivity contribution is -0.128. The summed E-state index contributed by atoms with van der Waals surface area (Å²) in [5.74, 6) is 0.484. The number of amides is 1. The summed E-state index contributed by atoms with van der Waals surface area (Å²) in [6.07, 6.45) is 1.87. The second-order valence-corrected chi connectivity index (χ2v) is 7.33. The summed E-state index contributed by atoms with van der Waals surface area (Å²) >= 11 is 1.59. The molecule has 0 bridgehead atoms. The van der Waals surface area contributed by atoms with E-state index in [1.165, 1.54) is 6.07 Å². The standard InChI is InChI=1S/C17H21NO3S/c1-11-9-12(19)5-6-13(11)14(20)16(2,3)18-15(21)17(4)7-8-22-10-17/h5-9,19H,10H2,1-4H3,(H,18,21). The molecule has 0 radical (unpaired) electrons. The third-order valence-corrected chi connectivity index (χ3v) is 4.98. The number of thioether (sulfide) groups is 1. The molecular formula is C17H21NO3S. The lowest BCUT2D eigenvalue weighted by atomic mass is 9.87. The van der Waals surface area contributed by atoms with Gasteiger partial charge in [-0.3, -0.25) is 9.59 Å². The molecule has 1 aromatic rings. The van der Waals surface area contributed by atoms with Gasteiger partial charge in [-0.25, -0.2) is 0 Å². The van der Waals surface area contributed by atoms with Gasteiger partial charge in [-0.15, -0.1) is 11.8 Å². The van der Waals surface area contributed by atoms with E-state index in [9.17, 15) is 14.7 Å². The molecule has 1 amide bonds. The monoisotopic (exact) mass is 319 g/mol. The number of carbonyl (C=O) groups excluding carboxylic acids is 2. The molecule has 1 unspecified atom stereocenters. The first-order chi connectivity index (χ1) is 10.2. The average molecular weight is 319 g/mol. The summed E-state index contributed by atoms with van der Waals surface area (Å²) < 4.78 is 0. The van der Waals surface area contributed by atoms with Crippen molar-refractivity contribution in [3.63, 3.8) is 0 Å². The molecule has 0 spiro atoms. The number of hydrogen-bond acceptors (Lipinski definition) is 4. The number of hydrogen-bond donors (Lipinski definition) is 2. The highest BCUT2D eigenvalue weighted by Gasteiger charge is 2.39. The van der Waals surface area contributed by atoms with Crippen LogP contribution in [0.3, 0.4) is 0 Å². The minimum atomic E-state index is -1.01. The molecule has 22 heavy (non-hydrogen) atoms. The van der Waals surface area contributed by atoms with Gasteiger partial charge >= 0.3 is 0 Å². The number of nitrogens with one attached hydrogen (secondary N) is 1. The zero-order valence-electron chi connectivity index (χ0n) is 13.3. The van der Waals surface area contributed by atoms with Crippen molar-refractivity contribution in [2.45, 2.75) is 33.2 Å². The Morgan fingerprint density at radius 1 is 1.36 bits per heavy atom. The van der Waals surface area contributed by atoms with Crippen molar-refractivity contribution in [1.29, 1.82) is 0 Å². The molecule has 0 aromatic heterocycles. The van der Waals surface area contributed by atoms with Gasteiger partial charge in [0.05, 0.1) is 11.0 Å². The molecule has 1 aliphatic rings. The Morgan fingerprint density at radius 2 is 2.05 bits per heavy atom. The van der Waals surface area contributed by atoms with Crippen LogP contribution in [0.5, 0.6) is 5.75 Å². The van der Waals surface area contributed by atoms with E-state index in [0.717, 1.165) is 0 Å². The Kier molecular flexibility index (Phi) is 4.38. The number of ketones is 1. The smallest absolute Gasteiger partial charge is 0.231 e. The Balaban J connectivity index is 2.20. The van der Waals surface area contributed by atoms with Gasteiger partial charge in [-0.05, 0) is 56.9 Å². The second-order valence-electron chi connectivity index (χ2n) is 6.44. The van der Waals surface area contributed by atoms with E-state index in [1.54, 1.807) is 44.7 Å². The van der Waals surface area contributed by atoms with Crippen LogP contribution in [-0.2, 0) is 4.79 Å². The normalized spacial score (nSPS) is 20.9. The summed E-state index contributed by atoms with van der Waals surface area (Å²) in [4.78, 5) is 25.2. The van der Waals surface area contributed by atoms with E-state index in [4.69, 9.17) is 0 Å². The zero-order chi connectivity index (χ0) is 16.5. The van der Waals surface area contributed by atoms with E-state index in [0.29, 0.717) is 16.9 Å². The zero-order valence-corrected chi connectivity index (χ0v) is 14.1. The molecule has 0 saturated carbocycles. The van der Waals surface area contributed by atoms with Crippen LogP contribution in [0.2, 0.25) is 0 Å². The Labute approximate surface area is 135 Å². The molecule has 1 heterocycles. The molecule has 1 atom stereocenters. The minimum Gasteiger partial charge on any atom is -0.508 e. The van der Waals surface area contributed by atoms with Crippen LogP contribution in [0.15, 0.2) is 29.7 Å². The fourth-order valence-electron chi connectivity index (χ4n) is 2.33. The van der Waals surface area contributed by atoms with Crippen LogP contribution < -0.4 is 5.32 Å². The molecular weight excluding hydrogens is 298 g/mol. The highest BCUT2D eigenvalue weighted by Crippen LogP contribution is 2.33. The predicted octanol–water partition coefficient (Wildman–Crippen LogP) is 3.04. The van der Waals surface area contributed by atoms with E-state index < -0.39 is 11.0 Å². The highest BCUT2D eigenvalue weighted by atomic mass is 32.2. The first kappa shape index (κ1) is 16.6. The van der Waals surface area contributed by atoms with Gasteiger partial charge < -0.3 is 10.4 Å². The summed E-state index contributed by atoms with van der Waals surface area (Å²) in [6, 6.07) is 4.62. The molecule has 0 aliphatic carbocycles. The van der Waals surface area contributed by atoms with E-state index >= 15 is 0 Å². The SMILES string of the molecule is Cc1cc(O)ccc1C(=O)C(C)(C)NC(=O)C1(C)C=CSC1. The third-order valence-electron chi connectivity index (χ3n) is 3.88. The molecule has 5 heteroatoms. The quantitative estimate of drug-likeness (QED) is 0.837. The lowest BCUT2D eigenvalue weighted by Gasteiger charge is -2.30. The number of aryl methyl sites for hydroxylation is 1. The summed E-state index contributed by atoms with van der Waals surface area (Å²) in [5, 5.41) is 14.2. The van der Waals surface area contributed by atoms with Crippen LogP contribution in [0.1, 0.15) is 36.7 Å². The fourth-order valence-corrected chi connectivity index (χ4v) is 3.40. The van der Waals surface area contributed by atoms with Crippen LogP contribution in [0, 0.1) is 12.3 Å². The average Bonchev–Trinajstić information content (AvgIpc) is 2.86. The van der Waals surface area contributed by atoms with E-state index in [-0.39, 0.29) is 17.4 Å². The van der Waals surface area contributed by atoms with Crippen molar-refractivity contribution >= 4 is 23.5 Å². The Hall–Kier alpha value is -1.75. The Bertz CT molecular complexity index is 651. The summed E-state index contributed by atoms with van der Waals surface area (Å²) in [7, 11) is 0. The van der Waals surface area contributed by atoms with Crippen molar-refractivity contribution in [3.05, 3.63) is 40.8 Å². The van der Waals surface area contributed by atoms with Gasteiger partial charge in [-0.2, -0.15) is 0 Å². The van der Waals surface area contributed by atoms with Crippen molar-refractivity contribution in [1.82, 2.24) is 5.32 Å². The number of Topliss-reactive ketones (excluding diaryl/α,β-unsaturated/α-hetero) is 1. The molecule has 2 rings (SSSR count). The molecule has 118 valence electrons. The van der Waals surface area contributed by atoms with Gasteiger partial charge in [0.15, 0.2) is 5.78 Å². The number of carbonyl (C=O) groups is 2. The number of phenols is 1. The maximum atomic E-state index is 12.7. The second kappa shape index (κ2) is 5.80. The van der Waals surface area contributed by atoms with E-state index in [2.05, 4.69) is 5.32 Å². The lowest BCUT2D eigenvalue weighted by Crippen LogP contribution is -2.54. The summed E-state index contributed by atoms with van der Waals surface area (Å²) in [5.41, 5.74) is -0.394. The fraction of sp³-hybridized carbons (Fsp3) is 0.412. The van der Waals surface area contributed by atoms with Gasteiger partial charge in [0, 0.05) is 11.3 Å². The number of benzene rings is 1. The highest BCUT2D eigenvalue weighted by molar-refractivity contribution is 8.02. The topological polar surface area (TPSA) is 66.4 Å². The summed E-state index contributed by atoms with van der Waals surface area (Å²) in [6.45, 7) is 7.04. The molecule has 2 N–H and O–H groups in total. The van der Waals surface area contributed by atoms with Crippen molar-refractivity contribution in [2.75, 3.05) is 5.75 Å². The minimum absolute atomic E-state index is 0.122. The first-order valence-electron chi connectivity index (χ1n) is 7.12. The van der Waals surface area contributed by atoms with Crippen LogP contribution >= 0.6 is 11.8 Å². The van der Waals surface area contributed by atoms with Crippen LogP contribution in [0.25, 0.3) is 0 Å². The maximum absolute atomic E-state index is 12.7. The largest absolute Gasteiger partial charge is 0.508 e. The van der Waals surface area contributed by atoms with E-state index in [1.807, 2.05) is 18.4 Å². The van der Waals surface area contributed by atoms with Crippen molar-refractivity contribution in [3.8, 4) is 5.75 Å². The third kappa shape index (κ3) is 3.19. The van der Waals surface area contributed by atoms with Gasteiger partial charge in [0.1, 0.15) is 5.75 Å². The number of phenolic OH excluding ortho intramolecular Hbond substituents is 1. The van der Waals surface area contributed by atoms with Crippen molar-refractivity contribution in [2.24, 2.45) is 5.41 Å². The molecule has 1 aliphatic heterocycles. The number of aromatic hydroxyl groups is 1. The van der Waals surface area contributed by atoms with Crippen LogP contribution in [-0.4, -0.2) is 28.1 Å². The first-order valence-corrected chi connectivity index (χ1v) is 8.17. The van der Waals surface area contributed by atoms with Gasteiger partial charge in [0.25, 0.3) is 0 Å². The molecule has 4 nitrogen and oxygen atoms in total. The predicted molar refractivity (Wildman–Crippen MR) is 89.1 cm³/mol. The molecule has 0 saturated heterocycles. The van der Waals surface area contributed by atoms with Crippen LogP contribution in [0.4, 0.5) is 0 Å².